The molecule has 1 rings (SSSR count). The molecule has 0 aromatic heterocycles. The molecule has 4 nitrogen and oxygen atoms in total. The van der Waals surface area contributed by atoms with Crippen molar-refractivity contribution in [3.8, 4) is 5.75 Å². The van der Waals surface area contributed by atoms with Crippen LogP contribution in [0.5, 0.6) is 5.75 Å². The van der Waals surface area contributed by atoms with Crippen molar-refractivity contribution >= 4 is 11.6 Å². The molecule has 0 bridgehead atoms. The highest BCUT2D eigenvalue weighted by Gasteiger charge is 2.15. The summed E-state index contributed by atoms with van der Waals surface area (Å²) in [7, 11) is 0. The molecular weight excluding hydrogens is 240 g/mol. The maximum atomic E-state index is 12.0. The Bertz CT molecular complexity index is 407. The van der Waals surface area contributed by atoms with E-state index in [4.69, 9.17) is 4.74 Å². The third kappa shape index (κ3) is 4.81. The first-order valence-electron chi connectivity index (χ1n) is 6.87. The predicted molar refractivity (Wildman–Crippen MR) is 78.6 cm³/mol. The van der Waals surface area contributed by atoms with Gasteiger partial charge in [0.2, 0.25) is 5.91 Å². The van der Waals surface area contributed by atoms with Crippen molar-refractivity contribution in [2.24, 2.45) is 0 Å². The highest BCUT2D eigenvalue weighted by atomic mass is 16.5. The van der Waals surface area contributed by atoms with E-state index in [2.05, 4.69) is 10.6 Å². The lowest BCUT2D eigenvalue weighted by molar-refractivity contribution is -0.122. The number of hydrogen-bond donors (Lipinski definition) is 2. The largest absolute Gasteiger partial charge is 0.492 e. The van der Waals surface area contributed by atoms with E-state index in [0.29, 0.717) is 6.61 Å². The Labute approximate surface area is 115 Å². The van der Waals surface area contributed by atoms with Crippen LogP contribution in [0.25, 0.3) is 0 Å². The minimum Gasteiger partial charge on any atom is -0.492 e. The molecule has 0 heterocycles. The summed E-state index contributed by atoms with van der Waals surface area (Å²) in [5.74, 6) is 0.772. The SMILES string of the molecule is CCOc1ccccc1NC(C)C(=O)NC(C)CC. The van der Waals surface area contributed by atoms with Crippen LogP contribution in [0.4, 0.5) is 5.69 Å². The van der Waals surface area contributed by atoms with Crippen LogP contribution in [0.1, 0.15) is 34.1 Å². The summed E-state index contributed by atoms with van der Waals surface area (Å²) in [5.41, 5.74) is 0.844. The number of nitrogens with one attached hydrogen (secondary N) is 2. The van der Waals surface area contributed by atoms with E-state index in [9.17, 15) is 4.79 Å². The summed E-state index contributed by atoms with van der Waals surface area (Å²) in [6, 6.07) is 7.54. The Hall–Kier alpha value is -1.71. The van der Waals surface area contributed by atoms with Gasteiger partial charge in [-0.3, -0.25) is 4.79 Å². The molecule has 0 saturated heterocycles. The topological polar surface area (TPSA) is 50.4 Å². The zero-order valence-electron chi connectivity index (χ0n) is 12.2. The molecule has 106 valence electrons. The van der Waals surface area contributed by atoms with Crippen LogP contribution in [0.2, 0.25) is 0 Å². The standard InChI is InChI=1S/C15H24N2O2/c1-5-11(3)16-15(18)12(4)17-13-9-7-8-10-14(13)19-6-2/h7-12,17H,5-6H2,1-4H3,(H,16,18). The van der Waals surface area contributed by atoms with Gasteiger partial charge in [0.15, 0.2) is 0 Å². The Kier molecular flexibility index (Phi) is 6.19. The zero-order chi connectivity index (χ0) is 14.3. The number of ether oxygens (including phenoxy) is 1. The zero-order valence-corrected chi connectivity index (χ0v) is 12.2. The lowest BCUT2D eigenvalue weighted by Gasteiger charge is -2.19. The molecule has 0 spiro atoms. The molecule has 1 aromatic carbocycles. The molecule has 2 unspecified atom stereocenters. The maximum absolute atomic E-state index is 12.0. The molecule has 1 aromatic rings. The third-order valence-corrected chi connectivity index (χ3v) is 2.95. The van der Waals surface area contributed by atoms with Crippen LogP contribution in [0, 0.1) is 0 Å². The fraction of sp³-hybridized carbons (Fsp3) is 0.533. The molecule has 0 aliphatic rings. The summed E-state index contributed by atoms with van der Waals surface area (Å²) < 4.78 is 5.53. The molecular formula is C15H24N2O2. The molecule has 2 atom stereocenters. The summed E-state index contributed by atoms with van der Waals surface area (Å²) >= 11 is 0. The molecule has 0 saturated carbocycles. The number of carbonyl (C=O) groups is 1. The summed E-state index contributed by atoms with van der Waals surface area (Å²) in [6.07, 6.45) is 0.925. The van der Waals surface area contributed by atoms with E-state index in [-0.39, 0.29) is 18.0 Å². The summed E-state index contributed by atoms with van der Waals surface area (Å²) in [6.45, 7) is 8.44. The van der Waals surface area contributed by atoms with Gasteiger partial charge in [-0.1, -0.05) is 19.1 Å². The highest BCUT2D eigenvalue weighted by molar-refractivity contribution is 5.84. The first-order chi connectivity index (χ1) is 9.08. The second-order valence-corrected chi connectivity index (χ2v) is 4.61. The lowest BCUT2D eigenvalue weighted by Crippen LogP contribution is -2.41. The first-order valence-corrected chi connectivity index (χ1v) is 6.87. The van der Waals surface area contributed by atoms with E-state index >= 15 is 0 Å². The Morgan fingerprint density at radius 1 is 1.26 bits per heavy atom. The Morgan fingerprint density at radius 2 is 1.95 bits per heavy atom. The average Bonchev–Trinajstić information content (AvgIpc) is 2.41. The smallest absolute Gasteiger partial charge is 0.242 e. The van der Waals surface area contributed by atoms with Gasteiger partial charge in [-0.15, -0.1) is 0 Å². The molecule has 19 heavy (non-hydrogen) atoms. The van der Waals surface area contributed by atoms with Crippen LogP contribution in [-0.4, -0.2) is 24.6 Å². The fourth-order valence-corrected chi connectivity index (χ4v) is 1.64. The van der Waals surface area contributed by atoms with Crippen molar-refractivity contribution in [3.63, 3.8) is 0 Å². The van der Waals surface area contributed by atoms with Crippen LogP contribution >= 0.6 is 0 Å². The minimum absolute atomic E-state index is 0.000603. The van der Waals surface area contributed by atoms with Gasteiger partial charge in [-0.25, -0.2) is 0 Å². The molecule has 0 fully saturated rings. The predicted octanol–water partition coefficient (Wildman–Crippen LogP) is 2.80. The summed E-state index contributed by atoms with van der Waals surface area (Å²) in [4.78, 5) is 12.0. The quantitative estimate of drug-likeness (QED) is 0.796. The molecule has 4 heteroatoms. The molecule has 0 aliphatic carbocycles. The first kappa shape index (κ1) is 15.3. The molecule has 2 N–H and O–H groups in total. The van der Waals surface area contributed by atoms with Gasteiger partial charge in [-0.2, -0.15) is 0 Å². The van der Waals surface area contributed by atoms with Crippen LogP contribution in [-0.2, 0) is 4.79 Å². The number of rotatable bonds is 7. The van der Waals surface area contributed by atoms with Gasteiger partial charge < -0.3 is 15.4 Å². The monoisotopic (exact) mass is 264 g/mol. The van der Waals surface area contributed by atoms with Crippen LogP contribution in [0.3, 0.4) is 0 Å². The third-order valence-electron chi connectivity index (χ3n) is 2.95. The minimum atomic E-state index is -0.296. The highest BCUT2D eigenvalue weighted by Crippen LogP contribution is 2.24. The number of para-hydroxylation sites is 2. The van der Waals surface area contributed by atoms with Crippen molar-refractivity contribution in [1.82, 2.24) is 5.32 Å². The molecule has 1 amide bonds. The van der Waals surface area contributed by atoms with E-state index < -0.39 is 0 Å². The molecule has 0 radical (unpaired) electrons. The van der Waals surface area contributed by atoms with Gasteiger partial charge in [0.1, 0.15) is 11.8 Å². The van der Waals surface area contributed by atoms with Crippen molar-refractivity contribution < 1.29 is 9.53 Å². The van der Waals surface area contributed by atoms with E-state index in [0.717, 1.165) is 17.9 Å². The summed E-state index contributed by atoms with van der Waals surface area (Å²) in [5, 5.41) is 6.15. The number of benzene rings is 1. The van der Waals surface area contributed by atoms with E-state index in [1.165, 1.54) is 0 Å². The van der Waals surface area contributed by atoms with E-state index in [1.54, 1.807) is 0 Å². The van der Waals surface area contributed by atoms with Crippen molar-refractivity contribution in [1.29, 1.82) is 0 Å². The van der Waals surface area contributed by atoms with Gasteiger partial charge in [0, 0.05) is 6.04 Å². The van der Waals surface area contributed by atoms with Crippen molar-refractivity contribution in [2.45, 2.75) is 46.2 Å². The fourth-order valence-electron chi connectivity index (χ4n) is 1.64. The number of amides is 1. The Morgan fingerprint density at radius 3 is 2.58 bits per heavy atom. The second-order valence-electron chi connectivity index (χ2n) is 4.61. The average molecular weight is 264 g/mol. The second kappa shape index (κ2) is 7.67. The Balaban J connectivity index is 2.65. The number of hydrogen-bond acceptors (Lipinski definition) is 3. The van der Waals surface area contributed by atoms with E-state index in [1.807, 2.05) is 52.0 Å². The van der Waals surface area contributed by atoms with Crippen molar-refractivity contribution in [3.05, 3.63) is 24.3 Å². The molecule has 0 aliphatic heterocycles. The van der Waals surface area contributed by atoms with Gasteiger partial charge in [0.05, 0.1) is 12.3 Å². The number of anilines is 1. The normalized spacial score (nSPS) is 13.5. The maximum Gasteiger partial charge on any atom is 0.242 e. The van der Waals surface area contributed by atoms with Crippen LogP contribution in [0.15, 0.2) is 24.3 Å². The lowest BCUT2D eigenvalue weighted by atomic mass is 10.2. The van der Waals surface area contributed by atoms with Gasteiger partial charge in [-0.05, 0) is 39.3 Å². The number of carbonyl (C=O) groups excluding carboxylic acids is 1. The van der Waals surface area contributed by atoms with Crippen molar-refractivity contribution in [2.75, 3.05) is 11.9 Å². The van der Waals surface area contributed by atoms with Crippen LogP contribution < -0.4 is 15.4 Å². The van der Waals surface area contributed by atoms with Gasteiger partial charge in [0.25, 0.3) is 0 Å². The van der Waals surface area contributed by atoms with Gasteiger partial charge >= 0.3 is 0 Å².